The molecule has 0 aromatic heterocycles. The summed E-state index contributed by atoms with van der Waals surface area (Å²) in [6.45, 7) is 3.29. The zero-order valence-electron chi connectivity index (χ0n) is 16.8. The number of carbonyl (C=O) groups excluding carboxylic acids is 1. The zero-order chi connectivity index (χ0) is 21.6. The first kappa shape index (κ1) is 21.3. The Kier molecular flexibility index (Phi) is 6.64. The first-order valence-electron chi connectivity index (χ1n) is 9.41. The van der Waals surface area contributed by atoms with E-state index in [4.69, 9.17) is 0 Å². The number of sulfonamides is 1. The Morgan fingerprint density at radius 1 is 0.900 bits per heavy atom. The van der Waals surface area contributed by atoms with Crippen molar-refractivity contribution >= 4 is 27.3 Å². The number of benzene rings is 3. The van der Waals surface area contributed by atoms with E-state index in [-0.39, 0.29) is 4.90 Å². The molecule has 7 heteroatoms. The lowest BCUT2D eigenvalue weighted by atomic mass is 10.1. The van der Waals surface area contributed by atoms with E-state index in [1.54, 1.807) is 49.4 Å². The second kappa shape index (κ2) is 9.37. The minimum Gasteiger partial charge on any atom is -0.271 e. The van der Waals surface area contributed by atoms with Gasteiger partial charge in [-0.05, 0) is 43.7 Å². The standard InChI is InChI=1S/C23H23N3O3S/c1-18-13-15-21(16-14-18)26(30(28,29)22-11-7-4-8-12-22)17-23(27)25-24-19(2)20-9-5-3-6-10-20/h3-16H,17H2,1-2H3,(H,25,27). The Labute approximate surface area is 176 Å². The molecule has 0 saturated carbocycles. The zero-order valence-corrected chi connectivity index (χ0v) is 17.6. The summed E-state index contributed by atoms with van der Waals surface area (Å²) < 4.78 is 27.5. The molecule has 1 N–H and O–H groups in total. The van der Waals surface area contributed by atoms with Gasteiger partial charge in [-0.3, -0.25) is 9.10 Å². The summed E-state index contributed by atoms with van der Waals surface area (Å²) in [6, 6.07) is 24.4. The van der Waals surface area contributed by atoms with Gasteiger partial charge < -0.3 is 0 Å². The van der Waals surface area contributed by atoms with Crippen molar-refractivity contribution in [3.8, 4) is 0 Å². The molecule has 3 aromatic rings. The average Bonchev–Trinajstić information content (AvgIpc) is 2.77. The van der Waals surface area contributed by atoms with Crippen molar-refractivity contribution in [2.24, 2.45) is 5.10 Å². The van der Waals surface area contributed by atoms with Gasteiger partial charge in [-0.2, -0.15) is 5.10 Å². The molecule has 0 aliphatic rings. The van der Waals surface area contributed by atoms with Crippen LogP contribution in [0.2, 0.25) is 0 Å². The molecule has 0 saturated heterocycles. The summed E-state index contributed by atoms with van der Waals surface area (Å²) in [5, 5.41) is 4.11. The number of carbonyl (C=O) groups is 1. The highest BCUT2D eigenvalue weighted by Gasteiger charge is 2.27. The largest absolute Gasteiger partial charge is 0.271 e. The average molecular weight is 422 g/mol. The van der Waals surface area contributed by atoms with Crippen molar-refractivity contribution in [1.29, 1.82) is 0 Å². The molecule has 3 rings (SSSR count). The van der Waals surface area contributed by atoms with E-state index in [9.17, 15) is 13.2 Å². The summed E-state index contributed by atoms with van der Waals surface area (Å²) in [5.74, 6) is -0.537. The Balaban J connectivity index is 1.86. The monoisotopic (exact) mass is 421 g/mol. The molecule has 3 aromatic carbocycles. The number of nitrogens with zero attached hydrogens (tertiary/aromatic N) is 2. The van der Waals surface area contributed by atoms with Crippen LogP contribution in [0.1, 0.15) is 18.1 Å². The maximum Gasteiger partial charge on any atom is 0.264 e. The molecule has 0 aliphatic carbocycles. The van der Waals surface area contributed by atoms with E-state index < -0.39 is 22.5 Å². The van der Waals surface area contributed by atoms with E-state index in [0.717, 1.165) is 15.4 Å². The number of hydrogen-bond acceptors (Lipinski definition) is 4. The van der Waals surface area contributed by atoms with Gasteiger partial charge in [0, 0.05) is 0 Å². The van der Waals surface area contributed by atoms with Gasteiger partial charge in [0.05, 0.1) is 16.3 Å². The quantitative estimate of drug-likeness (QED) is 0.466. The molecule has 0 unspecified atom stereocenters. The molecule has 154 valence electrons. The predicted molar refractivity (Wildman–Crippen MR) is 119 cm³/mol. The highest BCUT2D eigenvalue weighted by atomic mass is 32.2. The third-order valence-electron chi connectivity index (χ3n) is 4.48. The second-order valence-electron chi connectivity index (χ2n) is 6.76. The summed E-state index contributed by atoms with van der Waals surface area (Å²) >= 11 is 0. The van der Waals surface area contributed by atoms with Gasteiger partial charge in [0.15, 0.2) is 0 Å². The van der Waals surface area contributed by atoms with E-state index in [0.29, 0.717) is 11.4 Å². The normalized spacial score (nSPS) is 11.7. The molecule has 1 amide bonds. The predicted octanol–water partition coefficient (Wildman–Crippen LogP) is 3.73. The van der Waals surface area contributed by atoms with Gasteiger partial charge in [-0.25, -0.2) is 13.8 Å². The van der Waals surface area contributed by atoms with Crippen molar-refractivity contribution in [2.75, 3.05) is 10.8 Å². The fraction of sp³-hybridized carbons (Fsp3) is 0.130. The van der Waals surface area contributed by atoms with Crippen molar-refractivity contribution in [3.05, 3.63) is 96.1 Å². The first-order valence-corrected chi connectivity index (χ1v) is 10.8. The molecule has 0 bridgehead atoms. The maximum absolute atomic E-state index is 13.2. The summed E-state index contributed by atoms with van der Waals surface area (Å²) in [6.07, 6.45) is 0. The number of amides is 1. The van der Waals surface area contributed by atoms with Crippen LogP contribution in [0.5, 0.6) is 0 Å². The molecule has 0 radical (unpaired) electrons. The lowest BCUT2D eigenvalue weighted by Crippen LogP contribution is -2.39. The second-order valence-corrected chi connectivity index (χ2v) is 8.62. The van der Waals surface area contributed by atoms with E-state index in [1.807, 2.05) is 37.3 Å². The summed E-state index contributed by atoms with van der Waals surface area (Å²) in [5.41, 5.74) is 5.34. The fourth-order valence-corrected chi connectivity index (χ4v) is 4.24. The molecular formula is C23H23N3O3S. The minimum absolute atomic E-state index is 0.113. The minimum atomic E-state index is -3.93. The van der Waals surface area contributed by atoms with E-state index >= 15 is 0 Å². The summed E-state index contributed by atoms with van der Waals surface area (Å²) in [7, 11) is -3.93. The van der Waals surface area contributed by atoms with Crippen LogP contribution in [0.15, 0.2) is 94.9 Å². The third kappa shape index (κ3) is 5.12. The smallest absolute Gasteiger partial charge is 0.264 e. The Bertz CT molecular complexity index is 1130. The third-order valence-corrected chi connectivity index (χ3v) is 6.27. The molecule has 6 nitrogen and oxygen atoms in total. The molecule has 0 aliphatic heterocycles. The van der Waals surface area contributed by atoms with Crippen LogP contribution in [0.4, 0.5) is 5.69 Å². The SMILES string of the molecule is CC(=NNC(=O)CN(c1ccc(C)cc1)S(=O)(=O)c1ccccc1)c1ccccc1. The van der Waals surface area contributed by atoms with E-state index in [2.05, 4.69) is 10.5 Å². The van der Waals surface area contributed by atoms with Gasteiger partial charge in [-0.1, -0.05) is 66.2 Å². The van der Waals surface area contributed by atoms with Crippen molar-refractivity contribution in [3.63, 3.8) is 0 Å². The lowest BCUT2D eigenvalue weighted by Gasteiger charge is -2.23. The highest BCUT2D eigenvalue weighted by Crippen LogP contribution is 2.23. The number of nitrogens with one attached hydrogen (secondary N) is 1. The first-order chi connectivity index (χ1) is 14.4. The molecule has 0 spiro atoms. The Morgan fingerprint density at radius 3 is 2.07 bits per heavy atom. The number of aryl methyl sites for hydroxylation is 1. The van der Waals surface area contributed by atoms with Gasteiger partial charge in [0.1, 0.15) is 6.54 Å². The van der Waals surface area contributed by atoms with Crippen LogP contribution in [0.25, 0.3) is 0 Å². The van der Waals surface area contributed by atoms with Crippen molar-refractivity contribution in [2.45, 2.75) is 18.7 Å². The number of hydrogen-bond donors (Lipinski definition) is 1. The van der Waals surface area contributed by atoms with Crippen molar-refractivity contribution in [1.82, 2.24) is 5.43 Å². The highest BCUT2D eigenvalue weighted by molar-refractivity contribution is 7.92. The number of rotatable bonds is 7. The molecule has 30 heavy (non-hydrogen) atoms. The number of hydrazone groups is 1. The topological polar surface area (TPSA) is 78.8 Å². The van der Waals surface area contributed by atoms with Crippen molar-refractivity contribution < 1.29 is 13.2 Å². The van der Waals surface area contributed by atoms with Crippen LogP contribution in [0.3, 0.4) is 0 Å². The lowest BCUT2D eigenvalue weighted by molar-refractivity contribution is -0.119. The van der Waals surface area contributed by atoms with Crippen LogP contribution in [-0.2, 0) is 14.8 Å². The van der Waals surface area contributed by atoms with Gasteiger partial charge in [0.2, 0.25) is 0 Å². The van der Waals surface area contributed by atoms with Crippen LogP contribution < -0.4 is 9.73 Å². The molecular weight excluding hydrogens is 398 g/mol. The molecule has 0 fully saturated rings. The van der Waals surface area contributed by atoms with Gasteiger partial charge >= 0.3 is 0 Å². The Morgan fingerprint density at radius 2 is 1.47 bits per heavy atom. The maximum atomic E-state index is 13.2. The number of anilines is 1. The van der Waals surface area contributed by atoms with E-state index in [1.165, 1.54) is 12.1 Å². The van der Waals surface area contributed by atoms with Crippen LogP contribution in [0, 0.1) is 6.92 Å². The van der Waals surface area contributed by atoms with Crippen LogP contribution in [-0.4, -0.2) is 26.6 Å². The Hall–Kier alpha value is -3.45. The summed E-state index contributed by atoms with van der Waals surface area (Å²) in [4.78, 5) is 12.7. The molecule has 0 heterocycles. The van der Waals surface area contributed by atoms with Crippen LogP contribution >= 0.6 is 0 Å². The molecule has 0 atom stereocenters. The van der Waals surface area contributed by atoms with Gasteiger partial charge in [0.25, 0.3) is 15.9 Å². The van der Waals surface area contributed by atoms with Gasteiger partial charge in [-0.15, -0.1) is 0 Å². The fourth-order valence-electron chi connectivity index (χ4n) is 2.80.